The van der Waals surface area contributed by atoms with Crippen molar-refractivity contribution in [3.63, 3.8) is 0 Å². The number of halogens is 2. The molecule has 0 aliphatic rings. The molecule has 0 fully saturated rings. The lowest BCUT2D eigenvalue weighted by Crippen LogP contribution is -1.92. The van der Waals surface area contributed by atoms with Gasteiger partial charge in [-0.05, 0) is 54.5 Å². The molecule has 0 aromatic heterocycles. The summed E-state index contributed by atoms with van der Waals surface area (Å²) in [6.45, 7) is 1.81. The summed E-state index contributed by atoms with van der Waals surface area (Å²) in [6.07, 6.45) is 2.54. The van der Waals surface area contributed by atoms with Crippen LogP contribution in [-0.2, 0) is 4.79 Å². The first-order chi connectivity index (χ1) is 9.95. The topological polar surface area (TPSA) is 46.5 Å². The third kappa shape index (κ3) is 4.16. The van der Waals surface area contributed by atoms with Crippen molar-refractivity contribution < 1.29 is 19.0 Å². The summed E-state index contributed by atoms with van der Waals surface area (Å²) in [6, 6.07) is 9.61. The van der Waals surface area contributed by atoms with Crippen molar-refractivity contribution in [2.24, 2.45) is 0 Å². The van der Waals surface area contributed by atoms with Crippen molar-refractivity contribution >= 4 is 28.0 Å². The predicted molar refractivity (Wildman–Crippen MR) is 82.0 cm³/mol. The average molecular weight is 351 g/mol. The van der Waals surface area contributed by atoms with E-state index < -0.39 is 11.8 Å². The van der Waals surface area contributed by atoms with Crippen molar-refractivity contribution in [3.05, 3.63) is 63.9 Å². The van der Waals surface area contributed by atoms with Gasteiger partial charge in [-0.25, -0.2) is 9.18 Å². The van der Waals surface area contributed by atoms with Gasteiger partial charge in [-0.3, -0.25) is 0 Å². The standard InChI is InChI=1S/C16H12BrFO3/c1-10-8-11(3-7-16(19)20)2-6-14(10)21-15-9-12(17)4-5-13(15)18/h2-9H,1H3,(H,19,20)/b7-3+. The molecule has 0 unspecified atom stereocenters. The molecule has 0 saturated carbocycles. The highest BCUT2D eigenvalue weighted by atomic mass is 79.9. The minimum absolute atomic E-state index is 0.126. The van der Waals surface area contributed by atoms with Crippen molar-refractivity contribution in [1.29, 1.82) is 0 Å². The second-order valence-electron chi connectivity index (χ2n) is 4.37. The molecule has 0 amide bonds. The maximum atomic E-state index is 13.7. The average Bonchev–Trinajstić information content (AvgIpc) is 2.43. The SMILES string of the molecule is Cc1cc(/C=C/C(=O)O)ccc1Oc1cc(Br)ccc1F. The van der Waals surface area contributed by atoms with Crippen LogP contribution in [0.2, 0.25) is 0 Å². The lowest BCUT2D eigenvalue weighted by Gasteiger charge is -2.10. The Morgan fingerprint density at radius 2 is 2.00 bits per heavy atom. The van der Waals surface area contributed by atoms with E-state index in [0.29, 0.717) is 5.75 Å². The Hall–Kier alpha value is -2.14. The first kappa shape index (κ1) is 15.3. The van der Waals surface area contributed by atoms with Gasteiger partial charge in [-0.2, -0.15) is 0 Å². The summed E-state index contributed by atoms with van der Waals surface area (Å²) in [7, 11) is 0. The molecule has 21 heavy (non-hydrogen) atoms. The highest BCUT2D eigenvalue weighted by Crippen LogP contribution is 2.30. The van der Waals surface area contributed by atoms with Gasteiger partial charge in [0.2, 0.25) is 0 Å². The highest BCUT2D eigenvalue weighted by molar-refractivity contribution is 9.10. The van der Waals surface area contributed by atoms with Crippen LogP contribution >= 0.6 is 15.9 Å². The number of aryl methyl sites for hydroxylation is 1. The smallest absolute Gasteiger partial charge is 0.328 e. The van der Waals surface area contributed by atoms with Gasteiger partial charge in [0, 0.05) is 10.5 Å². The third-order valence-corrected chi connectivity index (χ3v) is 3.22. The lowest BCUT2D eigenvalue weighted by molar-refractivity contribution is -0.131. The van der Waals surface area contributed by atoms with Crippen LogP contribution in [0.25, 0.3) is 6.08 Å². The summed E-state index contributed by atoms with van der Waals surface area (Å²) in [4.78, 5) is 10.5. The molecule has 0 saturated heterocycles. The number of rotatable bonds is 4. The normalized spacial score (nSPS) is 10.8. The molecule has 0 bridgehead atoms. The summed E-state index contributed by atoms with van der Waals surface area (Å²) < 4.78 is 19.9. The number of hydrogen-bond donors (Lipinski definition) is 1. The van der Waals surface area contributed by atoms with Gasteiger partial charge >= 0.3 is 5.97 Å². The van der Waals surface area contributed by atoms with Crippen molar-refractivity contribution in [2.75, 3.05) is 0 Å². The second-order valence-corrected chi connectivity index (χ2v) is 5.29. The van der Waals surface area contributed by atoms with E-state index in [-0.39, 0.29) is 5.75 Å². The van der Waals surface area contributed by atoms with E-state index in [1.807, 2.05) is 6.92 Å². The van der Waals surface area contributed by atoms with Crippen molar-refractivity contribution in [3.8, 4) is 11.5 Å². The van der Waals surface area contributed by atoms with Crippen molar-refractivity contribution in [1.82, 2.24) is 0 Å². The molecule has 0 aliphatic carbocycles. The number of carboxylic acid groups (broad SMARTS) is 1. The molecule has 0 radical (unpaired) electrons. The molecule has 2 aromatic rings. The molecule has 0 aliphatic heterocycles. The Balaban J connectivity index is 2.25. The van der Waals surface area contributed by atoms with Gasteiger partial charge in [0.25, 0.3) is 0 Å². The monoisotopic (exact) mass is 350 g/mol. The fourth-order valence-electron chi connectivity index (χ4n) is 1.73. The molecule has 2 aromatic carbocycles. The molecule has 2 rings (SSSR count). The number of aliphatic carboxylic acids is 1. The van der Waals surface area contributed by atoms with E-state index in [4.69, 9.17) is 9.84 Å². The first-order valence-corrected chi connectivity index (χ1v) is 6.89. The van der Waals surface area contributed by atoms with Crippen LogP contribution in [0.5, 0.6) is 11.5 Å². The zero-order chi connectivity index (χ0) is 15.4. The minimum Gasteiger partial charge on any atom is -0.478 e. The Kier molecular flexibility index (Phi) is 4.75. The molecule has 0 heterocycles. The summed E-state index contributed by atoms with van der Waals surface area (Å²) >= 11 is 3.26. The molecule has 1 N–H and O–H groups in total. The third-order valence-electron chi connectivity index (χ3n) is 2.73. The molecular formula is C16H12BrFO3. The molecule has 3 nitrogen and oxygen atoms in total. The Morgan fingerprint density at radius 1 is 1.24 bits per heavy atom. The predicted octanol–water partition coefficient (Wildman–Crippen LogP) is 4.79. The highest BCUT2D eigenvalue weighted by Gasteiger charge is 2.07. The van der Waals surface area contributed by atoms with E-state index in [1.165, 1.54) is 12.1 Å². The van der Waals surface area contributed by atoms with E-state index in [1.54, 1.807) is 30.3 Å². The van der Waals surface area contributed by atoms with Gasteiger partial charge in [0.05, 0.1) is 0 Å². The Morgan fingerprint density at radius 3 is 2.67 bits per heavy atom. The molecule has 108 valence electrons. The van der Waals surface area contributed by atoms with Crippen LogP contribution in [0.15, 0.2) is 46.9 Å². The van der Waals surface area contributed by atoms with Gasteiger partial charge in [0.15, 0.2) is 11.6 Å². The maximum Gasteiger partial charge on any atom is 0.328 e. The van der Waals surface area contributed by atoms with Crippen molar-refractivity contribution in [2.45, 2.75) is 6.92 Å². The van der Waals surface area contributed by atoms with Crippen LogP contribution in [0, 0.1) is 12.7 Å². The van der Waals surface area contributed by atoms with Crippen LogP contribution in [0.3, 0.4) is 0 Å². The van der Waals surface area contributed by atoms with E-state index in [2.05, 4.69) is 15.9 Å². The summed E-state index contributed by atoms with van der Waals surface area (Å²) in [5.74, 6) is -0.822. The summed E-state index contributed by atoms with van der Waals surface area (Å²) in [5.41, 5.74) is 1.51. The van der Waals surface area contributed by atoms with Gasteiger partial charge in [-0.15, -0.1) is 0 Å². The largest absolute Gasteiger partial charge is 0.478 e. The molecule has 0 atom stereocenters. The lowest BCUT2D eigenvalue weighted by atomic mass is 10.1. The molecule has 0 spiro atoms. The van der Waals surface area contributed by atoms with E-state index in [0.717, 1.165) is 21.7 Å². The summed E-state index contributed by atoms with van der Waals surface area (Å²) in [5, 5.41) is 8.59. The Bertz CT molecular complexity index is 711. The van der Waals surface area contributed by atoms with Gasteiger partial charge in [0.1, 0.15) is 5.75 Å². The fraction of sp³-hybridized carbons (Fsp3) is 0.0625. The zero-order valence-electron chi connectivity index (χ0n) is 11.1. The second kappa shape index (κ2) is 6.54. The number of benzene rings is 2. The van der Waals surface area contributed by atoms with Crippen LogP contribution in [0.4, 0.5) is 4.39 Å². The van der Waals surface area contributed by atoms with Crippen LogP contribution < -0.4 is 4.74 Å². The van der Waals surface area contributed by atoms with Gasteiger partial charge < -0.3 is 9.84 Å². The van der Waals surface area contributed by atoms with Gasteiger partial charge in [-0.1, -0.05) is 22.0 Å². The quantitative estimate of drug-likeness (QED) is 0.806. The number of carboxylic acids is 1. The first-order valence-electron chi connectivity index (χ1n) is 6.10. The maximum absolute atomic E-state index is 13.7. The van der Waals surface area contributed by atoms with Crippen LogP contribution in [-0.4, -0.2) is 11.1 Å². The molecule has 5 heteroatoms. The number of carbonyl (C=O) groups is 1. The number of hydrogen-bond acceptors (Lipinski definition) is 2. The zero-order valence-corrected chi connectivity index (χ0v) is 12.7. The fourth-order valence-corrected chi connectivity index (χ4v) is 2.07. The van der Waals surface area contributed by atoms with Crippen LogP contribution in [0.1, 0.15) is 11.1 Å². The number of ether oxygens (including phenoxy) is 1. The Labute approximate surface area is 129 Å². The van der Waals surface area contributed by atoms with E-state index in [9.17, 15) is 9.18 Å². The van der Waals surface area contributed by atoms with E-state index >= 15 is 0 Å². The molecular weight excluding hydrogens is 339 g/mol. The minimum atomic E-state index is -1.01.